The fourth-order valence-corrected chi connectivity index (χ4v) is 2.91. The fraction of sp³-hybridized carbons (Fsp3) is 0.227. The van der Waals surface area contributed by atoms with Crippen molar-refractivity contribution < 1.29 is 9.53 Å². The summed E-state index contributed by atoms with van der Waals surface area (Å²) in [5, 5.41) is 6.09. The number of hydrogen-bond acceptors (Lipinski definition) is 5. The molecular weight excluding hydrogens is 352 g/mol. The lowest BCUT2D eigenvalue weighted by atomic mass is 10.1. The first-order valence-corrected chi connectivity index (χ1v) is 9.13. The van der Waals surface area contributed by atoms with Crippen molar-refractivity contribution in [2.75, 3.05) is 24.3 Å². The third-order valence-corrected chi connectivity index (χ3v) is 4.41. The van der Waals surface area contributed by atoms with E-state index in [1.807, 2.05) is 56.3 Å². The maximum Gasteiger partial charge on any atom is 0.275 e. The van der Waals surface area contributed by atoms with Crippen molar-refractivity contribution in [1.29, 1.82) is 0 Å². The first kappa shape index (κ1) is 19.4. The van der Waals surface area contributed by atoms with Crippen LogP contribution in [-0.4, -0.2) is 29.5 Å². The molecule has 6 heteroatoms. The van der Waals surface area contributed by atoms with Crippen LogP contribution in [0.15, 0.2) is 54.9 Å². The molecule has 2 N–H and O–H groups in total. The van der Waals surface area contributed by atoms with Gasteiger partial charge in [-0.1, -0.05) is 35.9 Å². The Balaban J connectivity index is 1.56. The summed E-state index contributed by atoms with van der Waals surface area (Å²) in [5.41, 5.74) is 4.33. The minimum Gasteiger partial charge on any atom is -0.496 e. The van der Waals surface area contributed by atoms with Gasteiger partial charge in [-0.05, 0) is 43.5 Å². The zero-order chi connectivity index (χ0) is 19.9. The topological polar surface area (TPSA) is 76.1 Å². The summed E-state index contributed by atoms with van der Waals surface area (Å²) < 4.78 is 5.35. The molecule has 2 aromatic carbocycles. The molecule has 6 nitrogen and oxygen atoms in total. The Labute approximate surface area is 165 Å². The minimum absolute atomic E-state index is 0.273. The maximum absolute atomic E-state index is 12.4. The highest BCUT2D eigenvalue weighted by molar-refractivity contribution is 6.03. The Kier molecular flexibility index (Phi) is 6.22. The molecule has 1 aromatic heterocycles. The van der Waals surface area contributed by atoms with Gasteiger partial charge < -0.3 is 15.4 Å². The van der Waals surface area contributed by atoms with E-state index in [4.69, 9.17) is 4.74 Å². The Bertz CT molecular complexity index is 955. The second-order valence-electron chi connectivity index (χ2n) is 6.55. The second-order valence-corrected chi connectivity index (χ2v) is 6.55. The van der Waals surface area contributed by atoms with Gasteiger partial charge in [0, 0.05) is 12.2 Å². The summed E-state index contributed by atoms with van der Waals surface area (Å²) in [6.07, 6.45) is 3.84. The molecule has 0 aliphatic rings. The predicted octanol–water partition coefficient (Wildman–Crippen LogP) is 4.01. The highest BCUT2D eigenvalue weighted by atomic mass is 16.5. The van der Waals surface area contributed by atoms with Crippen LogP contribution >= 0.6 is 0 Å². The molecule has 0 atom stereocenters. The lowest BCUT2D eigenvalue weighted by Gasteiger charge is -2.10. The molecule has 1 heterocycles. The van der Waals surface area contributed by atoms with Crippen molar-refractivity contribution in [3.63, 3.8) is 0 Å². The zero-order valence-electron chi connectivity index (χ0n) is 16.3. The zero-order valence-corrected chi connectivity index (χ0v) is 16.3. The summed E-state index contributed by atoms with van der Waals surface area (Å²) in [5.74, 6) is 1.21. The Morgan fingerprint density at radius 2 is 1.89 bits per heavy atom. The van der Waals surface area contributed by atoms with Crippen molar-refractivity contribution in [2.24, 2.45) is 0 Å². The van der Waals surface area contributed by atoms with Gasteiger partial charge >= 0.3 is 0 Å². The van der Waals surface area contributed by atoms with Crippen LogP contribution in [0.3, 0.4) is 0 Å². The number of aromatic nitrogens is 2. The van der Waals surface area contributed by atoms with Crippen LogP contribution in [0.1, 0.15) is 27.2 Å². The van der Waals surface area contributed by atoms with Crippen LogP contribution < -0.4 is 15.4 Å². The van der Waals surface area contributed by atoms with Gasteiger partial charge in [-0.15, -0.1) is 0 Å². The van der Waals surface area contributed by atoms with E-state index < -0.39 is 0 Å². The number of carbonyl (C=O) groups is 1. The van der Waals surface area contributed by atoms with E-state index in [-0.39, 0.29) is 11.6 Å². The molecule has 0 aliphatic heterocycles. The number of methoxy groups -OCH3 is 1. The summed E-state index contributed by atoms with van der Waals surface area (Å²) in [6, 6.07) is 13.8. The molecule has 1 amide bonds. The Morgan fingerprint density at radius 1 is 1.07 bits per heavy atom. The summed E-state index contributed by atoms with van der Waals surface area (Å²) in [4.78, 5) is 20.9. The maximum atomic E-state index is 12.4. The molecule has 0 fully saturated rings. The van der Waals surface area contributed by atoms with E-state index >= 15 is 0 Å². The summed E-state index contributed by atoms with van der Waals surface area (Å²) in [7, 11) is 1.67. The van der Waals surface area contributed by atoms with Crippen LogP contribution in [0.4, 0.5) is 11.5 Å². The molecule has 0 aliphatic carbocycles. The van der Waals surface area contributed by atoms with E-state index in [0.29, 0.717) is 12.4 Å². The van der Waals surface area contributed by atoms with Gasteiger partial charge in [0.25, 0.3) is 5.91 Å². The van der Waals surface area contributed by atoms with Gasteiger partial charge in [-0.3, -0.25) is 4.79 Å². The monoisotopic (exact) mass is 376 g/mol. The molecule has 0 saturated carbocycles. The molecule has 3 aromatic rings. The molecule has 0 bridgehead atoms. The van der Waals surface area contributed by atoms with Crippen LogP contribution in [0.25, 0.3) is 0 Å². The molecule has 3 rings (SSSR count). The number of ether oxygens (including phenoxy) is 1. The van der Waals surface area contributed by atoms with Gasteiger partial charge in [0.15, 0.2) is 0 Å². The number of aryl methyl sites for hydroxylation is 2. The smallest absolute Gasteiger partial charge is 0.275 e. The number of benzene rings is 2. The van der Waals surface area contributed by atoms with Gasteiger partial charge in [-0.25, -0.2) is 9.97 Å². The van der Waals surface area contributed by atoms with Crippen molar-refractivity contribution in [1.82, 2.24) is 9.97 Å². The average molecular weight is 376 g/mol. The number of rotatable bonds is 7. The lowest BCUT2D eigenvalue weighted by molar-refractivity contribution is 0.102. The standard InChI is InChI=1S/C22H24N4O2/c1-15-8-9-18(16(2)12-15)26-22(27)19-13-25-21(14-24-19)23-11-10-17-6-4-5-7-20(17)28-3/h4-9,12-14H,10-11H2,1-3H3,(H,23,25)(H,26,27). The van der Waals surface area contributed by atoms with E-state index in [1.165, 1.54) is 6.20 Å². The highest BCUT2D eigenvalue weighted by Gasteiger charge is 2.10. The SMILES string of the molecule is COc1ccccc1CCNc1cnc(C(=O)Nc2ccc(C)cc2C)cn1. The van der Waals surface area contributed by atoms with E-state index in [2.05, 4.69) is 20.6 Å². The number of nitrogens with zero attached hydrogens (tertiary/aromatic N) is 2. The van der Waals surface area contributed by atoms with Crippen LogP contribution in [0.2, 0.25) is 0 Å². The van der Waals surface area contributed by atoms with Crippen LogP contribution in [-0.2, 0) is 6.42 Å². The number of para-hydroxylation sites is 1. The number of nitrogens with one attached hydrogen (secondary N) is 2. The molecular formula is C22H24N4O2. The van der Waals surface area contributed by atoms with Gasteiger partial charge in [0.1, 0.15) is 17.3 Å². The van der Waals surface area contributed by atoms with Crippen LogP contribution in [0.5, 0.6) is 5.75 Å². The predicted molar refractivity (Wildman–Crippen MR) is 111 cm³/mol. The third kappa shape index (κ3) is 4.85. The molecule has 0 radical (unpaired) electrons. The van der Waals surface area contributed by atoms with Crippen molar-refractivity contribution in [3.8, 4) is 5.75 Å². The first-order valence-electron chi connectivity index (χ1n) is 9.13. The lowest BCUT2D eigenvalue weighted by Crippen LogP contribution is -2.15. The van der Waals surface area contributed by atoms with Gasteiger partial charge in [0.2, 0.25) is 0 Å². The summed E-state index contributed by atoms with van der Waals surface area (Å²) in [6.45, 7) is 4.66. The number of hydrogen-bond donors (Lipinski definition) is 2. The van der Waals surface area contributed by atoms with Gasteiger partial charge in [-0.2, -0.15) is 0 Å². The molecule has 0 spiro atoms. The van der Waals surface area contributed by atoms with E-state index in [9.17, 15) is 4.79 Å². The normalized spacial score (nSPS) is 10.4. The van der Waals surface area contributed by atoms with Gasteiger partial charge in [0.05, 0.1) is 19.5 Å². The fourth-order valence-electron chi connectivity index (χ4n) is 2.91. The first-order chi connectivity index (χ1) is 13.6. The average Bonchev–Trinajstić information content (AvgIpc) is 2.71. The number of anilines is 2. The highest BCUT2D eigenvalue weighted by Crippen LogP contribution is 2.18. The molecule has 144 valence electrons. The minimum atomic E-state index is -0.278. The molecule has 0 saturated heterocycles. The Morgan fingerprint density at radius 3 is 2.61 bits per heavy atom. The molecule has 28 heavy (non-hydrogen) atoms. The van der Waals surface area contributed by atoms with Crippen molar-refractivity contribution >= 4 is 17.4 Å². The van der Waals surface area contributed by atoms with E-state index in [1.54, 1.807) is 13.3 Å². The Hall–Kier alpha value is -3.41. The largest absolute Gasteiger partial charge is 0.496 e. The quantitative estimate of drug-likeness (QED) is 0.652. The second kappa shape index (κ2) is 8.99. The third-order valence-electron chi connectivity index (χ3n) is 4.41. The number of carbonyl (C=O) groups excluding carboxylic acids is 1. The van der Waals surface area contributed by atoms with Crippen molar-refractivity contribution in [3.05, 3.63) is 77.2 Å². The molecule has 0 unspecified atom stereocenters. The number of amides is 1. The van der Waals surface area contributed by atoms with Crippen molar-refractivity contribution in [2.45, 2.75) is 20.3 Å². The summed E-state index contributed by atoms with van der Waals surface area (Å²) >= 11 is 0. The van der Waals surface area contributed by atoms with E-state index in [0.717, 1.165) is 34.5 Å². The van der Waals surface area contributed by atoms with Crippen LogP contribution in [0, 0.1) is 13.8 Å².